The fourth-order valence-corrected chi connectivity index (χ4v) is 2.67. The van der Waals surface area contributed by atoms with Crippen molar-refractivity contribution in [1.29, 1.82) is 0 Å². The quantitative estimate of drug-likeness (QED) is 0.381. The van der Waals surface area contributed by atoms with Gasteiger partial charge >= 0.3 is 5.97 Å². The predicted octanol–water partition coefficient (Wildman–Crippen LogP) is 3.60. The molecule has 0 saturated carbocycles. The van der Waals surface area contributed by atoms with Crippen LogP contribution in [0.15, 0.2) is 24.3 Å². The molecular formula is C18H32N2O2. The lowest BCUT2D eigenvalue weighted by molar-refractivity contribution is -0.137. The van der Waals surface area contributed by atoms with E-state index in [4.69, 9.17) is 5.11 Å². The molecule has 3 N–H and O–H groups in total. The molecule has 1 aliphatic heterocycles. The second kappa shape index (κ2) is 12.4. The number of hydrogen-bond donors (Lipinski definition) is 3. The van der Waals surface area contributed by atoms with Crippen LogP contribution in [0.1, 0.15) is 64.7 Å². The van der Waals surface area contributed by atoms with Gasteiger partial charge < -0.3 is 5.11 Å². The van der Waals surface area contributed by atoms with Crippen LogP contribution in [0.4, 0.5) is 0 Å². The number of rotatable bonds is 12. The maximum atomic E-state index is 10.4. The molecule has 1 aliphatic rings. The number of hydrogen-bond acceptors (Lipinski definition) is 3. The summed E-state index contributed by atoms with van der Waals surface area (Å²) >= 11 is 0. The van der Waals surface area contributed by atoms with Crippen LogP contribution in [0.5, 0.6) is 0 Å². The molecule has 0 spiro atoms. The highest BCUT2D eigenvalue weighted by molar-refractivity contribution is 5.66. The summed E-state index contributed by atoms with van der Waals surface area (Å²) in [5.41, 5.74) is 0. The third kappa shape index (κ3) is 9.00. The van der Waals surface area contributed by atoms with Gasteiger partial charge in [0.25, 0.3) is 0 Å². The van der Waals surface area contributed by atoms with E-state index in [9.17, 15) is 4.79 Å². The molecule has 0 aliphatic carbocycles. The second-order valence-corrected chi connectivity index (χ2v) is 5.99. The van der Waals surface area contributed by atoms with Gasteiger partial charge in [-0.1, -0.05) is 50.5 Å². The summed E-state index contributed by atoms with van der Waals surface area (Å²) in [5, 5.41) is 15.5. The SMILES string of the molecule is CCCCCC/C=C\[C@H]1NCN[C@@H]1C/C=C\CCCC(=O)O. The average Bonchev–Trinajstić information content (AvgIpc) is 2.93. The van der Waals surface area contributed by atoms with Gasteiger partial charge in [-0.05, 0) is 32.1 Å². The highest BCUT2D eigenvalue weighted by Gasteiger charge is 2.22. The van der Waals surface area contributed by atoms with Gasteiger partial charge in [-0.15, -0.1) is 0 Å². The van der Waals surface area contributed by atoms with Crippen molar-refractivity contribution in [3.05, 3.63) is 24.3 Å². The van der Waals surface area contributed by atoms with Gasteiger partial charge in [0.1, 0.15) is 0 Å². The Hall–Kier alpha value is -1.13. The Balaban J connectivity index is 2.15. The Kier molecular flexibility index (Phi) is 10.7. The first-order valence-corrected chi connectivity index (χ1v) is 8.74. The average molecular weight is 308 g/mol. The van der Waals surface area contributed by atoms with E-state index in [0.717, 1.165) is 25.9 Å². The van der Waals surface area contributed by atoms with Gasteiger partial charge in [0.2, 0.25) is 0 Å². The van der Waals surface area contributed by atoms with E-state index in [2.05, 4.69) is 41.9 Å². The monoisotopic (exact) mass is 308 g/mol. The summed E-state index contributed by atoms with van der Waals surface area (Å²) in [4.78, 5) is 10.4. The van der Waals surface area contributed by atoms with Gasteiger partial charge in [-0.3, -0.25) is 15.4 Å². The minimum Gasteiger partial charge on any atom is -0.481 e. The number of allylic oxidation sites excluding steroid dienone is 2. The zero-order valence-corrected chi connectivity index (χ0v) is 13.9. The smallest absolute Gasteiger partial charge is 0.303 e. The standard InChI is InChI=1S/C18H32N2O2/c1-2-3-4-5-6-9-12-16-17(20-15-19-16)13-10-7-8-11-14-18(21)22/h7,9-10,12,16-17,19-20H,2-6,8,11,13-15H2,1H3,(H,21,22)/b10-7-,12-9-/t16-,17-/m1/s1. The molecule has 1 rings (SSSR count). The van der Waals surface area contributed by atoms with E-state index in [1.165, 1.54) is 32.1 Å². The van der Waals surface area contributed by atoms with Gasteiger partial charge in [0.15, 0.2) is 0 Å². The van der Waals surface area contributed by atoms with E-state index >= 15 is 0 Å². The Morgan fingerprint density at radius 1 is 1.09 bits per heavy atom. The van der Waals surface area contributed by atoms with Crippen molar-refractivity contribution in [3.8, 4) is 0 Å². The molecule has 1 saturated heterocycles. The van der Waals surface area contributed by atoms with Crippen LogP contribution in [0, 0.1) is 0 Å². The summed E-state index contributed by atoms with van der Waals surface area (Å²) in [6.45, 7) is 3.10. The Labute approximate surface area is 135 Å². The molecule has 0 aromatic heterocycles. The van der Waals surface area contributed by atoms with Crippen LogP contribution < -0.4 is 10.6 Å². The van der Waals surface area contributed by atoms with Gasteiger partial charge in [-0.2, -0.15) is 0 Å². The summed E-state index contributed by atoms with van der Waals surface area (Å²) in [6.07, 6.45) is 18.1. The number of nitrogens with one attached hydrogen (secondary N) is 2. The largest absolute Gasteiger partial charge is 0.481 e. The number of carboxylic acids is 1. The number of aliphatic carboxylic acids is 1. The molecule has 0 unspecified atom stereocenters. The lowest BCUT2D eigenvalue weighted by Crippen LogP contribution is -2.31. The van der Waals surface area contributed by atoms with Crippen molar-refractivity contribution < 1.29 is 9.90 Å². The Morgan fingerprint density at radius 3 is 2.68 bits per heavy atom. The van der Waals surface area contributed by atoms with Crippen molar-refractivity contribution >= 4 is 5.97 Å². The molecule has 4 nitrogen and oxygen atoms in total. The first-order chi connectivity index (χ1) is 10.7. The van der Waals surface area contributed by atoms with Gasteiger partial charge in [-0.25, -0.2) is 0 Å². The van der Waals surface area contributed by atoms with Crippen molar-refractivity contribution in [2.75, 3.05) is 6.67 Å². The fourth-order valence-electron chi connectivity index (χ4n) is 2.67. The lowest BCUT2D eigenvalue weighted by Gasteiger charge is -2.13. The Morgan fingerprint density at radius 2 is 1.91 bits per heavy atom. The molecule has 1 fully saturated rings. The zero-order valence-electron chi connectivity index (χ0n) is 13.9. The topological polar surface area (TPSA) is 61.4 Å². The molecule has 0 radical (unpaired) electrons. The highest BCUT2D eigenvalue weighted by Crippen LogP contribution is 2.10. The maximum Gasteiger partial charge on any atom is 0.303 e. The van der Waals surface area contributed by atoms with Crippen LogP contribution in [0.2, 0.25) is 0 Å². The summed E-state index contributed by atoms with van der Waals surface area (Å²) < 4.78 is 0. The van der Waals surface area contributed by atoms with E-state index < -0.39 is 5.97 Å². The molecule has 0 bridgehead atoms. The van der Waals surface area contributed by atoms with Crippen LogP contribution in [-0.4, -0.2) is 29.8 Å². The van der Waals surface area contributed by atoms with E-state index in [0.29, 0.717) is 12.1 Å². The van der Waals surface area contributed by atoms with Gasteiger partial charge in [0, 0.05) is 25.2 Å². The number of carboxylic acid groups (broad SMARTS) is 1. The van der Waals surface area contributed by atoms with E-state index in [-0.39, 0.29) is 6.42 Å². The van der Waals surface area contributed by atoms with Crippen LogP contribution >= 0.6 is 0 Å². The normalized spacial score (nSPS) is 22.0. The molecule has 126 valence electrons. The van der Waals surface area contributed by atoms with Crippen molar-refractivity contribution in [3.63, 3.8) is 0 Å². The minimum absolute atomic E-state index is 0.261. The third-order valence-electron chi connectivity index (χ3n) is 4.02. The lowest BCUT2D eigenvalue weighted by atomic mass is 10.0. The highest BCUT2D eigenvalue weighted by atomic mass is 16.4. The van der Waals surface area contributed by atoms with E-state index in [1.807, 2.05) is 0 Å². The first-order valence-electron chi connectivity index (χ1n) is 8.74. The molecule has 22 heavy (non-hydrogen) atoms. The number of carbonyl (C=O) groups is 1. The van der Waals surface area contributed by atoms with Crippen molar-refractivity contribution in [2.24, 2.45) is 0 Å². The van der Waals surface area contributed by atoms with Gasteiger partial charge in [0.05, 0.1) is 0 Å². The van der Waals surface area contributed by atoms with Crippen molar-refractivity contribution in [2.45, 2.75) is 76.8 Å². The Bertz CT molecular complexity index is 353. The predicted molar refractivity (Wildman–Crippen MR) is 91.9 cm³/mol. The maximum absolute atomic E-state index is 10.4. The molecular weight excluding hydrogens is 276 g/mol. The van der Waals surface area contributed by atoms with E-state index in [1.54, 1.807) is 0 Å². The summed E-state index contributed by atoms with van der Waals surface area (Å²) in [5.74, 6) is -0.709. The van der Waals surface area contributed by atoms with Crippen LogP contribution in [0.25, 0.3) is 0 Å². The molecule has 4 heteroatoms. The van der Waals surface area contributed by atoms with Crippen LogP contribution in [-0.2, 0) is 4.79 Å². The zero-order chi connectivity index (χ0) is 16.0. The minimum atomic E-state index is -0.709. The second-order valence-electron chi connectivity index (χ2n) is 5.99. The molecule has 0 amide bonds. The summed E-state index contributed by atoms with van der Waals surface area (Å²) in [6, 6.07) is 0.859. The first kappa shape index (κ1) is 18.9. The summed E-state index contributed by atoms with van der Waals surface area (Å²) in [7, 11) is 0. The molecule has 0 aromatic rings. The van der Waals surface area contributed by atoms with Crippen molar-refractivity contribution in [1.82, 2.24) is 10.6 Å². The molecule has 0 aromatic carbocycles. The number of unbranched alkanes of at least 4 members (excludes halogenated alkanes) is 5. The van der Waals surface area contributed by atoms with Crippen LogP contribution in [0.3, 0.4) is 0 Å². The molecule has 2 atom stereocenters. The third-order valence-corrected chi connectivity index (χ3v) is 4.02. The fraction of sp³-hybridized carbons (Fsp3) is 0.722. The molecule has 1 heterocycles.